The number of nitrogens with one attached hydrogen (secondary N) is 2. The fourth-order valence-corrected chi connectivity index (χ4v) is 1.83. The second-order valence-corrected chi connectivity index (χ2v) is 5.85. The van der Waals surface area contributed by atoms with Crippen LogP contribution in [0.5, 0.6) is 0 Å². The summed E-state index contributed by atoms with van der Waals surface area (Å²) in [6.07, 6.45) is 4.55. The Morgan fingerprint density at radius 2 is 2.00 bits per heavy atom. The highest BCUT2D eigenvalue weighted by molar-refractivity contribution is 5.67. The molecule has 21 heavy (non-hydrogen) atoms. The fraction of sp³-hybridized carbons (Fsp3) is 0.471. The maximum atomic E-state index is 11.5. The number of benzene rings is 1. The monoisotopic (exact) mass is 290 g/mol. The van der Waals surface area contributed by atoms with Gasteiger partial charge in [-0.2, -0.15) is 0 Å². The third-order valence-electron chi connectivity index (χ3n) is 2.70. The zero-order valence-corrected chi connectivity index (χ0v) is 13.4. The van der Waals surface area contributed by atoms with Crippen molar-refractivity contribution in [2.24, 2.45) is 0 Å². The van der Waals surface area contributed by atoms with E-state index >= 15 is 0 Å². The molecule has 0 spiro atoms. The van der Waals surface area contributed by atoms with Gasteiger partial charge >= 0.3 is 6.09 Å². The summed E-state index contributed by atoms with van der Waals surface area (Å²) in [7, 11) is 1.94. The number of hydrogen-bond donors (Lipinski definition) is 2. The van der Waals surface area contributed by atoms with E-state index in [-0.39, 0.29) is 6.09 Å². The first-order valence-electron chi connectivity index (χ1n) is 7.28. The van der Waals surface area contributed by atoms with Crippen molar-refractivity contribution in [3.8, 4) is 0 Å². The van der Waals surface area contributed by atoms with Crippen LogP contribution in [0.25, 0.3) is 6.08 Å². The number of alkyl carbamates (subject to hydrolysis) is 1. The van der Waals surface area contributed by atoms with Crippen molar-refractivity contribution in [1.29, 1.82) is 0 Å². The molecule has 0 heterocycles. The minimum Gasteiger partial charge on any atom is -0.444 e. The zero-order valence-electron chi connectivity index (χ0n) is 13.4. The van der Waals surface area contributed by atoms with E-state index in [4.69, 9.17) is 4.74 Å². The molecule has 0 fully saturated rings. The van der Waals surface area contributed by atoms with Crippen molar-refractivity contribution < 1.29 is 9.53 Å². The number of ether oxygens (including phenoxy) is 1. The smallest absolute Gasteiger partial charge is 0.407 e. The molecule has 1 aromatic rings. The number of amides is 1. The highest BCUT2D eigenvalue weighted by Gasteiger charge is 2.15. The molecule has 0 aromatic heterocycles. The SMILES string of the molecule is CNCc1ccccc1C=CCCNC(=O)OC(C)(C)C. The molecular formula is C17H26N2O2. The van der Waals surface area contributed by atoms with Gasteiger partial charge in [-0.1, -0.05) is 36.4 Å². The molecule has 116 valence electrons. The Morgan fingerprint density at radius 3 is 2.67 bits per heavy atom. The van der Waals surface area contributed by atoms with Crippen LogP contribution in [0.1, 0.15) is 38.3 Å². The second-order valence-electron chi connectivity index (χ2n) is 5.85. The van der Waals surface area contributed by atoms with Crippen LogP contribution in [0.4, 0.5) is 4.79 Å². The van der Waals surface area contributed by atoms with Crippen LogP contribution < -0.4 is 10.6 Å². The van der Waals surface area contributed by atoms with Crippen LogP contribution in [0.3, 0.4) is 0 Å². The van der Waals surface area contributed by atoms with Crippen molar-refractivity contribution in [1.82, 2.24) is 10.6 Å². The summed E-state index contributed by atoms with van der Waals surface area (Å²) in [5.74, 6) is 0. The Hall–Kier alpha value is -1.81. The summed E-state index contributed by atoms with van der Waals surface area (Å²) in [4.78, 5) is 11.5. The van der Waals surface area contributed by atoms with E-state index in [1.54, 1.807) is 0 Å². The lowest BCUT2D eigenvalue weighted by Gasteiger charge is -2.19. The summed E-state index contributed by atoms with van der Waals surface area (Å²) >= 11 is 0. The maximum absolute atomic E-state index is 11.5. The van der Waals surface area contributed by atoms with Gasteiger partial charge in [0.05, 0.1) is 0 Å². The van der Waals surface area contributed by atoms with Gasteiger partial charge in [-0.05, 0) is 45.4 Å². The molecule has 1 aromatic carbocycles. The molecule has 0 radical (unpaired) electrons. The Balaban J connectivity index is 2.37. The molecule has 2 N–H and O–H groups in total. The Bertz CT molecular complexity index is 476. The molecule has 1 rings (SSSR count). The topological polar surface area (TPSA) is 50.4 Å². The summed E-state index contributed by atoms with van der Waals surface area (Å²) in [5, 5.41) is 5.90. The van der Waals surface area contributed by atoms with Gasteiger partial charge in [0.15, 0.2) is 0 Å². The van der Waals surface area contributed by atoms with Gasteiger partial charge in [0.2, 0.25) is 0 Å². The lowest BCUT2D eigenvalue weighted by Crippen LogP contribution is -2.32. The van der Waals surface area contributed by atoms with Gasteiger partial charge in [-0.25, -0.2) is 4.79 Å². The van der Waals surface area contributed by atoms with E-state index in [2.05, 4.69) is 34.9 Å². The molecule has 0 saturated carbocycles. The Kier molecular flexibility index (Phi) is 6.96. The standard InChI is InChI=1S/C17H26N2O2/c1-17(2,3)21-16(20)19-12-8-7-10-14-9-5-6-11-15(14)13-18-4/h5-7,9-11,18H,8,12-13H2,1-4H3,(H,19,20). The molecule has 4 heteroatoms. The van der Waals surface area contributed by atoms with E-state index in [1.807, 2.05) is 40.0 Å². The van der Waals surface area contributed by atoms with E-state index in [0.717, 1.165) is 13.0 Å². The number of carbonyl (C=O) groups is 1. The summed E-state index contributed by atoms with van der Waals surface area (Å²) in [5.41, 5.74) is 2.01. The Labute approximate surface area is 127 Å². The summed E-state index contributed by atoms with van der Waals surface area (Å²) in [6.45, 7) is 6.97. The van der Waals surface area contributed by atoms with Crippen LogP contribution in [0.15, 0.2) is 30.3 Å². The largest absolute Gasteiger partial charge is 0.444 e. The summed E-state index contributed by atoms with van der Waals surface area (Å²) in [6, 6.07) is 8.26. The third kappa shape index (κ3) is 7.51. The highest BCUT2D eigenvalue weighted by Crippen LogP contribution is 2.11. The lowest BCUT2D eigenvalue weighted by atomic mass is 10.1. The van der Waals surface area contributed by atoms with E-state index in [1.165, 1.54) is 11.1 Å². The van der Waals surface area contributed by atoms with Gasteiger partial charge in [0, 0.05) is 13.1 Å². The van der Waals surface area contributed by atoms with Crippen molar-refractivity contribution in [2.45, 2.75) is 39.3 Å². The quantitative estimate of drug-likeness (QED) is 0.790. The molecule has 0 aliphatic carbocycles. The molecule has 0 aliphatic rings. The van der Waals surface area contributed by atoms with Crippen molar-refractivity contribution in [2.75, 3.05) is 13.6 Å². The molecule has 0 unspecified atom stereocenters. The van der Waals surface area contributed by atoms with Gasteiger partial charge in [0.25, 0.3) is 0 Å². The minimum absolute atomic E-state index is 0.369. The molecule has 1 amide bonds. The average Bonchev–Trinajstić information content (AvgIpc) is 2.38. The lowest BCUT2D eigenvalue weighted by molar-refractivity contribution is 0.0529. The van der Waals surface area contributed by atoms with Crippen LogP contribution in [-0.2, 0) is 11.3 Å². The number of rotatable bonds is 6. The first-order valence-corrected chi connectivity index (χ1v) is 7.28. The minimum atomic E-state index is -0.452. The fourth-order valence-electron chi connectivity index (χ4n) is 1.83. The van der Waals surface area contributed by atoms with E-state index < -0.39 is 5.60 Å². The van der Waals surface area contributed by atoms with E-state index in [9.17, 15) is 4.79 Å². The van der Waals surface area contributed by atoms with Crippen LogP contribution in [0.2, 0.25) is 0 Å². The third-order valence-corrected chi connectivity index (χ3v) is 2.70. The predicted octanol–water partition coefficient (Wildman–Crippen LogP) is 3.33. The van der Waals surface area contributed by atoms with Crippen LogP contribution >= 0.6 is 0 Å². The molecular weight excluding hydrogens is 264 g/mol. The molecule has 0 atom stereocenters. The van der Waals surface area contributed by atoms with Crippen LogP contribution in [-0.4, -0.2) is 25.3 Å². The van der Waals surface area contributed by atoms with Gasteiger partial charge in [-0.15, -0.1) is 0 Å². The van der Waals surface area contributed by atoms with E-state index in [0.29, 0.717) is 6.54 Å². The highest BCUT2D eigenvalue weighted by atomic mass is 16.6. The first-order chi connectivity index (χ1) is 9.92. The van der Waals surface area contributed by atoms with Gasteiger partial charge < -0.3 is 15.4 Å². The van der Waals surface area contributed by atoms with Crippen molar-refractivity contribution in [3.63, 3.8) is 0 Å². The molecule has 4 nitrogen and oxygen atoms in total. The Morgan fingerprint density at radius 1 is 1.29 bits per heavy atom. The van der Waals surface area contributed by atoms with Crippen LogP contribution in [0, 0.1) is 0 Å². The van der Waals surface area contributed by atoms with Crippen molar-refractivity contribution >= 4 is 12.2 Å². The molecule has 0 bridgehead atoms. The number of carbonyl (C=O) groups excluding carboxylic acids is 1. The molecule has 0 saturated heterocycles. The average molecular weight is 290 g/mol. The number of hydrogen-bond acceptors (Lipinski definition) is 3. The normalized spacial score (nSPS) is 11.6. The first kappa shape index (κ1) is 17.2. The molecule has 0 aliphatic heterocycles. The van der Waals surface area contributed by atoms with Crippen molar-refractivity contribution in [3.05, 3.63) is 41.5 Å². The summed E-state index contributed by atoms with van der Waals surface area (Å²) < 4.78 is 5.17. The zero-order chi connectivity index (χ0) is 15.7. The predicted molar refractivity (Wildman–Crippen MR) is 87.1 cm³/mol. The maximum Gasteiger partial charge on any atom is 0.407 e. The van der Waals surface area contributed by atoms with Gasteiger partial charge in [-0.3, -0.25) is 0 Å². The second kappa shape index (κ2) is 8.47. The van der Waals surface area contributed by atoms with Gasteiger partial charge in [0.1, 0.15) is 5.60 Å².